The Bertz CT molecular complexity index is 357. The number of aromatic nitrogens is 2. The molecule has 1 unspecified atom stereocenters. The molecule has 0 saturated heterocycles. The van der Waals surface area contributed by atoms with Crippen LogP contribution in [0.1, 0.15) is 24.3 Å². The Morgan fingerprint density at radius 3 is 2.64 bits per heavy atom. The standard InChI is InChI=1S/C9H13N3O2/c1-6(7(2)13)10-9(14)8-4-5-12(3)11-8/h4-6H,1-3H3,(H,10,14). The van der Waals surface area contributed by atoms with Crippen molar-refractivity contribution >= 4 is 11.7 Å². The van der Waals surface area contributed by atoms with E-state index in [1.54, 1.807) is 26.2 Å². The Balaban J connectivity index is 2.63. The third kappa shape index (κ3) is 2.42. The number of hydrogen-bond acceptors (Lipinski definition) is 3. The van der Waals surface area contributed by atoms with Crippen LogP contribution in [0.25, 0.3) is 0 Å². The SMILES string of the molecule is CC(=O)C(C)NC(=O)c1ccn(C)n1. The number of rotatable bonds is 3. The number of nitrogens with zero attached hydrogens (tertiary/aromatic N) is 2. The van der Waals surface area contributed by atoms with Gasteiger partial charge in [-0.1, -0.05) is 0 Å². The highest BCUT2D eigenvalue weighted by molar-refractivity contribution is 5.95. The predicted octanol–water partition coefficient (Wildman–Crippen LogP) is 0.127. The highest BCUT2D eigenvalue weighted by Gasteiger charge is 2.14. The third-order valence-electron chi connectivity index (χ3n) is 1.90. The molecule has 0 aliphatic carbocycles. The monoisotopic (exact) mass is 195 g/mol. The van der Waals surface area contributed by atoms with Crippen LogP contribution in [0.5, 0.6) is 0 Å². The van der Waals surface area contributed by atoms with E-state index in [1.165, 1.54) is 11.6 Å². The molecule has 0 saturated carbocycles. The van der Waals surface area contributed by atoms with Gasteiger partial charge in [0.25, 0.3) is 5.91 Å². The Morgan fingerprint density at radius 2 is 2.21 bits per heavy atom. The zero-order chi connectivity index (χ0) is 10.7. The molecule has 1 aromatic rings. The second-order valence-corrected chi connectivity index (χ2v) is 3.18. The van der Waals surface area contributed by atoms with Crippen molar-refractivity contribution in [1.29, 1.82) is 0 Å². The summed E-state index contributed by atoms with van der Waals surface area (Å²) in [4.78, 5) is 22.3. The topological polar surface area (TPSA) is 64.0 Å². The fourth-order valence-electron chi connectivity index (χ4n) is 0.908. The van der Waals surface area contributed by atoms with Crippen molar-refractivity contribution in [3.05, 3.63) is 18.0 Å². The van der Waals surface area contributed by atoms with Crippen molar-refractivity contribution in [2.24, 2.45) is 7.05 Å². The fourth-order valence-corrected chi connectivity index (χ4v) is 0.908. The molecule has 76 valence electrons. The van der Waals surface area contributed by atoms with Gasteiger partial charge < -0.3 is 5.32 Å². The first-order valence-electron chi connectivity index (χ1n) is 4.31. The van der Waals surface area contributed by atoms with Crippen molar-refractivity contribution in [1.82, 2.24) is 15.1 Å². The highest BCUT2D eigenvalue weighted by atomic mass is 16.2. The second-order valence-electron chi connectivity index (χ2n) is 3.18. The summed E-state index contributed by atoms with van der Waals surface area (Å²) in [5.41, 5.74) is 0.320. The van der Waals surface area contributed by atoms with Crippen LogP contribution in [0, 0.1) is 0 Å². The molecule has 1 N–H and O–H groups in total. The Labute approximate surface area is 82.1 Å². The second kappa shape index (κ2) is 4.04. The summed E-state index contributed by atoms with van der Waals surface area (Å²) in [6, 6.07) is 1.13. The summed E-state index contributed by atoms with van der Waals surface area (Å²) in [7, 11) is 1.73. The molecule has 0 aromatic carbocycles. The zero-order valence-corrected chi connectivity index (χ0v) is 8.44. The molecular weight excluding hydrogens is 182 g/mol. The minimum atomic E-state index is -0.468. The fraction of sp³-hybridized carbons (Fsp3) is 0.444. The molecule has 5 nitrogen and oxygen atoms in total. The maximum absolute atomic E-state index is 11.4. The van der Waals surface area contributed by atoms with Gasteiger partial charge in [0.15, 0.2) is 5.78 Å². The molecule has 1 rings (SSSR count). The minimum absolute atomic E-state index is 0.0747. The van der Waals surface area contributed by atoms with Crippen LogP contribution in [-0.2, 0) is 11.8 Å². The third-order valence-corrected chi connectivity index (χ3v) is 1.90. The van der Waals surface area contributed by atoms with Gasteiger partial charge in [0, 0.05) is 13.2 Å². The molecule has 0 spiro atoms. The smallest absolute Gasteiger partial charge is 0.272 e. The van der Waals surface area contributed by atoms with Crippen LogP contribution in [0.2, 0.25) is 0 Å². The van der Waals surface area contributed by atoms with E-state index < -0.39 is 6.04 Å². The van der Waals surface area contributed by atoms with Gasteiger partial charge in [-0.25, -0.2) is 0 Å². The lowest BCUT2D eigenvalue weighted by Gasteiger charge is -2.08. The maximum atomic E-state index is 11.4. The van der Waals surface area contributed by atoms with Gasteiger partial charge in [-0.15, -0.1) is 0 Å². The number of Topliss-reactive ketones (excluding diaryl/α,β-unsaturated/α-hetero) is 1. The number of ketones is 1. The van der Waals surface area contributed by atoms with Gasteiger partial charge >= 0.3 is 0 Å². The molecule has 1 heterocycles. The number of amides is 1. The average Bonchev–Trinajstić information content (AvgIpc) is 2.51. The van der Waals surface area contributed by atoms with Crippen LogP contribution in [0.4, 0.5) is 0 Å². The number of carbonyl (C=O) groups is 2. The number of hydrogen-bond donors (Lipinski definition) is 1. The first kappa shape index (κ1) is 10.4. The van der Waals surface area contributed by atoms with Crippen LogP contribution >= 0.6 is 0 Å². The molecule has 14 heavy (non-hydrogen) atoms. The Hall–Kier alpha value is -1.65. The molecule has 1 amide bonds. The molecule has 0 aliphatic rings. The molecular formula is C9H13N3O2. The van der Waals surface area contributed by atoms with E-state index in [0.29, 0.717) is 5.69 Å². The quantitative estimate of drug-likeness (QED) is 0.745. The normalized spacial score (nSPS) is 12.2. The lowest BCUT2D eigenvalue weighted by molar-refractivity contribution is -0.118. The summed E-state index contributed by atoms with van der Waals surface area (Å²) >= 11 is 0. The summed E-state index contributed by atoms with van der Waals surface area (Å²) in [5.74, 6) is -0.400. The maximum Gasteiger partial charge on any atom is 0.272 e. The van der Waals surface area contributed by atoms with Crippen molar-refractivity contribution in [2.75, 3.05) is 0 Å². The Morgan fingerprint density at radius 1 is 1.57 bits per heavy atom. The molecule has 0 bridgehead atoms. The van der Waals surface area contributed by atoms with Crippen molar-refractivity contribution in [3.63, 3.8) is 0 Å². The first-order chi connectivity index (χ1) is 6.50. The molecule has 0 fully saturated rings. The van der Waals surface area contributed by atoms with E-state index in [4.69, 9.17) is 0 Å². The molecule has 0 aliphatic heterocycles. The number of nitrogens with one attached hydrogen (secondary N) is 1. The summed E-state index contributed by atoms with van der Waals surface area (Å²) in [6.45, 7) is 3.08. The van der Waals surface area contributed by atoms with E-state index in [2.05, 4.69) is 10.4 Å². The van der Waals surface area contributed by atoms with Crippen LogP contribution in [0.15, 0.2) is 12.3 Å². The van der Waals surface area contributed by atoms with Crippen LogP contribution < -0.4 is 5.32 Å². The molecule has 1 atom stereocenters. The number of aryl methyl sites for hydroxylation is 1. The van der Waals surface area contributed by atoms with E-state index in [-0.39, 0.29) is 11.7 Å². The van der Waals surface area contributed by atoms with Crippen molar-refractivity contribution in [3.8, 4) is 0 Å². The summed E-state index contributed by atoms with van der Waals surface area (Å²) < 4.78 is 1.54. The average molecular weight is 195 g/mol. The molecule has 5 heteroatoms. The Kier molecular flexibility index (Phi) is 3.01. The van der Waals surface area contributed by atoms with Gasteiger partial charge in [-0.05, 0) is 19.9 Å². The summed E-state index contributed by atoms with van der Waals surface area (Å²) in [6.07, 6.45) is 1.67. The van der Waals surface area contributed by atoms with E-state index >= 15 is 0 Å². The minimum Gasteiger partial charge on any atom is -0.341 e. The van der Waals surface area contributed by atoms with E-state index in [1.807, 2.05) is 0 Å². The van der Waals surface area contributed by atoms with E-state index in [0.717, 1.165) is 0 Å². The van der Waals surface area contributed by atoms with Crippen LogP contribution in [-0.4, -0.2) is 27.5 Å². The predicted molar refractivity (Wildman–Crippen MR) is 50.8 cm³/mol. The van der Waals surface area contributed by atoms with Gasteiger partial charge in [0.2, 0.25) is 0 Å². The number of carbonyl (C=O) groups excluding carboxylic acids is 2. The van der Waals surface area contributed by atoms with Gasteiger partial charge in [-0.2, -0.15) is 5.10 Å². The highest BCUT2D eigenvalue weighted by Crippen LogP contribution is 1.95. The van der Waals surface area contributed by atoms with E-state index in [9.17, 15) is 9.59 Å². The van der Waals surface area contributed by atoms with Crippen molar-refractivity contribution in [2.45, 2.75) is 19.9 Å². The first-order valence-corrected chi connectivity index (χ1v) is 4.31. The molecule has 0 radical (unpaired) electrons. The zero-order valence-electron chi connectivity index (χ0n) is 8.44. The molecule has 1 aromatic heterocycles. The van der Waals surface area contributed by atoms with Gasteiger partial charge in [0.05, 0.1) is 6.04 Å². The summed E-state index contributed by atoms with van der Waals surface area (Å²) in [5, 5.41) is 6.46. The van der Waals surface area contributed by atoms with Crippen molar-refractivity contribution < 1.29 is 9.59 Å². The van der Waals surface area contributed by atoms with Gasteiger partial charge in [0.1, 0.15) is 5.69 Å². The lowest BCUT2D eigenvalue weighted by atomic mass is 10.2. The lowest BCUT2D eigenvalue weighted by Crippen LogP contribution is -2.37. The van der Waals surface area contributed by atoms with Crippen LogP contribution in [0.3, 0.4) is 0 Å². The van der Waals surface area contributed by atoms with Gasteiger partial charge in [-0.3, -0.25) is 14.3 Å². The largest absolute Gasteiger partial charge is 0.341 e.